The second-order valence-corrected chi connectivity index (χ2v) is 4.27. The third kappa shape index (κ3) is 2.74. The summed E-state index contributed by atoms with van der Waals surface area (Å²) in [5, 5.41) is 3.27. The minimum atomic E-state index is -0.214. The van der Waals surface area contributed by atoms with E-state index in [-0.39, 0.29) is 5.82 Å². The van der Waals surface area contributed by atoms with Gasteiger partial charge in [0.1, 0.15) is 5.82 Å². The SMILES string of the molecule is CCNCc1ccc(F)cc1-c1cnccc1C. The Balaban J connectivity index is 2.48. The third-order valence-corrected chi connectivity index (χ3v) is 2.97. The highest BCUT2D eigenvalue weighted by atomic mass is 19.1. The van der Waals surface area contributed by atoms with Gasteiger partial charge in [-0.05, 0) is 48.4 Å². The zero-order chi connectivity index (χ0) is 13.0. The Kier molecular flexibility index (Phi) is 4.05. The molecule has 0 aliphatic heterocycles. The van der Waals surface area contributed by atoms with E-state index < -0.39 is 0 Å². The summed E-state index contributed by atoms with van der Waals surface area (Å²) in [6, 6.07) is 6.86. The molecule has 1 heterocycles. The van der Waals surface area contributed by atoms with Gasteiger partial charge in [-0.15, -0.1) is 0 Å². The van der Waals surface area contributed by atoms with Gasteiger partial charge in [-0.2, -0.15) is 0 Å². The van der Waals surface area contributed by atoms with Crippen LogP contribution < -0.4 is 5.32 Å². The molecule has 0 bridgehead atoms. The number of nitrogens with zero attached hydrogens (tertiary/aromatic N) is 1. The summed E-state index contributed by atoms with van der Waals surface area (Å²) in [4.78, 5) is 4.13. The van der Waals surface area contributed by atoms with Crippen molar-refractivity contribution in [3.05, 3.63) is 53.6 Å². The van der Waals surface area contributed by atoms with Crippen LogP contribution in [-0.4, -0.2) is 11.5 Å². The Labute approximate surface area is 107 Å². The molecule has 0 unspecified atom stereocenters. The van der Waals surface area contributed by atoms with E-state index in [2.05, 4.69) is 17.2 Å². The monoisotopic (exact) mass is 244 g/mol. The molecular weight excluding hydrogens is 227 g/mol. The van der Waals surface area contributed by atoms with E-state index in [9.17, 15) is 4.39 Å². The number of benzene rings is 1. The first-order valence-electron chi connectivity index (χ1n) is 6.12. The van der Waals surface area contributed by atoms with Crippen LogP contribution >= 0.6 is 0 Å². The minimum Gasteiger partial charge on any atom is -0.313 e. The first kappa shape index (κ1) is 12.7. The standard InChI is InChI=1S/C15H17FN2/c1-3-17-9-12-4-5-13(16)8-14(12)15-10-18-7-6-11(15)2/h4-8,10,17H,3,9H2,1-2H3. The fourth-order valence-corrected chi connectivity index (χ4v) is 1.96. The normalized spacial score (nSPS) is 10.6. The largest absolute Gasteiger partial charge is 0.313 e. The molecule has 2 aromatic rings. The van der Waals surface area contributed by atoms with Crippen molar-refractivity contribution >= 4 is 0 Å². The van der Waals surface area contributed by atoms with Gasteiger partial charge in [-0.25, -0.2) is 4.39 Å². The molecule has 0 fully saturated rings. The van der Waals surface area contributed by atoms with E-state index in [4.69, 9.17) is 0 Å². The van der Waals surface area contributed by atoms with Crippen molar-refractivity contribution in [2.24, 2.45) is 0 Å². The predicted molar refractivity (Wildman–Crippen MR) is 71.7 cm³/mol. The van der Waals surface area contributed by atoms with Crippen LogP contribution in [0.3, 0.4) is 0 Å². The van der Waals surface area contributed by atoms with E-state index in [1.807, 2.05) is 19.1 Å². The molecule has 0 spiro atoms. The number of halogens is 1. The number of hydrogen-bond acceptors (Lipinski definition) is 2. The van der Waals surface area contributed by atoms with Crippen molar-refractivity contribution in [1.82, 2.24) is 10.3 Å². The molecule has 1 aromatic heterocycles. The van der Waals surface area contributed by atoms with Gasteiger partial charge in [-0.3, -0.25) is 4.98 Å². The lowest BCUT2D eigenvalue weighted by molar-refractivity contribution is 0.626. The van der Waals surface area contributed by atoms with Crippen LogP contribution in [0.4, 0.5) is 4.39 Å². The molecule has 0 saturated carbocycles. The summed E-state index contributed by atoms with van der Waals surface area (Å²) in [6.45, 7) is 5.70. The number of hydrogen-bond donors (Lipinski definition) is 1. The molecule has 0 atom stereocenters. The molecule has 0 amide bonds. The van der Waals surface area contributed by atoms with Gasteiger partial charge in [0.25, 0.3) is 0 Å². The van der Waals surface area contributed by atoms with Crippen molar-refractivity contribution in [2.45, 2.75) is 20.4 Å². The first-order valence-corrected chi connectivity index (χ1v) is 6.12. The Morgan fingerprint density at radius 3 is 2.78 bits per heavy atom. The topological polar surface area (TPSA) is 24.9 Å². The fourth-order valence-electron chi connectivity index (χ4n) is 1.96. The lowest BCUT2D eigenvalue weighted by Crippen LogP contribution is -2.12. The van der Waals surface area contributed by atoms with E-state index in [1.54, 1.807) is 18.5 Å². The predicted octanol–water partition coefficient (Wildman–Crippen LogP) is 3.31. The van der Waals surface area contributed by atoms with Gasteiger partial charge >= 0.3 is 0 Å². The number of rotatable bonds is 4. The smallest absolute Gasteiger partial charge is 0.123 e. The van der Waals surface area contributed by atoms with Crippen LogP contribution in [0.15, 0.2) is 36.7 Å². The number of pyridine rings is 1. The van der Waals surface area contributed by atoms with Crippen molar-refractivity contribution < 1.29 is 4.39 Å². The Bertz CT molecular complexity index is 538. The molecule has 94 valence electrons. The van der Waals surface area contributed by atoms with Crippen LogP contribution in [0.1, 0.15) is 18.1 Å². The van der Waals surface area contributed by atoms with E-state index >= 15 is 0 Å². The number of aryl methyl sites for hydroxylation is 1. The highest BCUT2D eigenvalue weighted by molar-refractivity contribution is 5.69. The van der Waals surface area contributed by atoms with Gasteiger partial charge in [0.15, 0.2) is 0 Å². The van der Waals surface area contributed by atoms with Crippen LogP contribution in [0.2, 0.25) is 0 Å². The second kappa shape index (κ2) is 5.74. The van der Waals surface area contributed by atoms with E-state index in [0.29, 0.717) is 0 Å². The lowest BCUT2D eigenvalue weighted by Gasteiger charge is -2.12. The van der Waals surface area contributed by atoms with Crippen LogP contribution in [-0.2, 0) is 6.54 Å². The summed E-state index contributed by atoms with van der Waals surface area (Å²) in [5.74, 6) is -0.214. The molecular formula is C15H17FN2. The molecule has 2 rings (SSSR count). The Hall–Kier alpha value is -1.74. The zero-order valence-electron chi connectivity index (χ0n) is 10.7. The second-order valence-electron chi connectivity index (χ2n) is 4.27. The molecule has 1 aromatic carbocycles. The molecule has 0 aliphatic rings. The van der Waals surface area contributed by atoms with Gasteiger partial charge in [0.2, 0.25) is 0 Å². The van der Waals surface area contributed by atoms with Crippen molar-refractivity contribution in [3.8, 4) is 11.1 Å². The maximum absolute atomic E-state index is 13.4. The quantitative estimate of drug-likeness (QED) is 0.892. The summed E-state index contributed by atoms with van der Waals surface area (Å²) in [6.07, 6.45) is 3.54. The van der Waals surface area contributed by atoms with Gasteiger partial charge in [0.05, 0.1) is 0 Å². The average molecular weight is 244 g/mol. The maximum atomic E-state index is 13.4. The molecule has 1 N–H and O–H groups in total. The molecule has 0 radical (unpaired) electrons. The van der Waals surface area contributed by atoms with Gasteiger partial charge < -0.3 is 5.32 Å². The molecule has 3 heteroatoms. The van der Waals surface area contributed by atoms with Crippen molar-refractivity contribution in [2.75, 3.05) is 6.54 Å². The zero-order valence-corrected chi connectivity index (χ0v) is 10.7. The Morgan fingerprint density at radius 2 is 2.06 bits per heavy atom. The van der Waals surface area contributed by atoms with Crippen LogP contribution in [0, 0.1) is 12.7 Å². The third-order valence-electron chi connectivity index (χ3n) is 2.97. The van der Waals surface area contributed by atoms with Crippen LogP contribution in [0.5, 0.6) is 0 Å². The highest BCUT2D eigenvalue weighted by Crippen LogP contribution is 2.26. The van der Waals surface area contributed by atoms with Crippen molar-refractivity contribution in [1.29, 1.82) is 0 Å². The molecule has 18 heavy (non-hydrogen) atoms. The maximum Gasteiger partial charge on any atom is 0.123 e. The fraction of sp³-hybridized carbons (Fsp3) is 0.267. The average Bonchev–Trinajstić information content (AvgIpc) is 2.38. The molecule has 0 saturated heterocycles. The first-order chi connectivity index (χ1) is 8.72. The minimum absolute atomic E-state index is 0.214. The van der Waals surface area contributed by atoms with E-state index in [1.165, 1.54) is 6.07 Å². The van der Waals surface area contributed by atoms with Gasteiger partial charge in [0, 0.05) is 24.5 Å². The van der Waals surface area contributed by atoms with E-state index in [0.717, 1.165) is 35.3 Å². The summed E-state index contributed by atoms with van der Waals surface area (Å²) in [7, 11) is 0. The summed E-state index contributed by atoms with van der Waals surface area (Å²) >= 11 is 0. The Morgan fingerprint density at radius 1 is 1.22 bits per heavy atom. The van der Waals surface area contributed by atoms with Gasteiger partial charge in [-0.1, -0.05) is 13.0 Å². The molecule has 2 nitrogen and oxygen atoms in total. The van der Waals surface area contributed by atoms with Crippen LogP contribution in [0.25, 0.3) is 11.1 Å². The lowest BCUT2D eigenvalue weighted by atomic mass is 9.97. The number of aromatic nitrogens is 1. The molecule has 0 aliphatic carbocycles. The summed E-state index contributed by atoms with van der Waals surface area (Å²) < 4.78 is 13.4. The highest BCUT2D eigenvalue weighted by Gasteiger charge is 2.08. The van der Waals surface area contributed by atoms with Crippen molar-refractivity contribution in [3.63, 3.8) is 0 Å². The number of nitrogens with one attached hydrogen (secondary N) is 1. The summed E-state index contributed by atoms with van der Waals surface area (Å²) in [5.41, 5.74) is 4.11.